The van der Waals surface area contributed by atoms with E-state index < -0.39 is 0 Å². The summed E-state index contributed by atoms with van der Waals surface area (Å²) in [6, 6.07) is 13.4. The lowest BCUT2D eigenvalue weighted by Gasteiger charge is -2.21. The first kappa shape index (κ1) is 14.8. The second kappa shape index (κ2) is 7.82. The smallest absolute Gasteiger partial charge is 0.271 e. The molecule has 0 spiro atoms. The van der Waals surface area contributed by atoms with Crippen LogP contribution in [0.25, 0.3) is 0 Å². The Kier molecular flexibility index (Phi) is 5.77. The molecule has 0 fully saturated rings. The van der Waals surface area contributed by atoms with Crippen molar-refractivity contribution >= 4 is 17.2 Å². The van der Waals surface area contributed by atoms with Gasteiger partial charge in [0.05, 0.1) is 13.2 Å². The van der Waals surface area contributed by atoms with Gasteiger partial charge in [-0.1, -0.05) is 31.2 Å². The quantitative estimate of drug-likeness (QED) is 0.726. The van der Waals surface area contributed by atoms with Crippen LogP contribution in [-0.2, 0) is 11.3 Å². The summed E-state index contributed by atoms with van der Waals surface area (Å²) in [6.07, 6.45) is 1.71. The molecule has 106 valence electrons. The molecule has 2 aromatic rings. The molecular weight excluding hydrogens is 270 g/mol. The van der Waals surface area contributed by atoms with E-state index in [-0.39, 0.29) is 5.91 Å². The first-order valence-corrected chi connectivity index (χ1v) is 7.71. The van der Waals surface area contributed by atoms with E-state index in [0.717, 1.165) is 12.8 Å². The number of rotatable bonds is 7. The molecule has 0 unspecified atom stereocenters. The average molecular weight is 289 g/mol. The fourth-order valence-electron chi connectivity index (χ4n) is 1.82. The van der Waals surface area contributed by atoms with Gasteiger partial charge in [-0.15, -0.1) is 11.3 Å². The van der Waals surface area contributed by atoms with Crippen molar-refractivity contribution in [2.45, 2.75) is 19.8 Å². The van der Waals surface area contributed by atoms with Crippen LogP contribution < -0.4 is 0 Å². The Bertz CT molecular complexity index is 511. The Morgan fingerprint density at radius 2 is 2.00 bits per heavy atom. The number of hydrogen-bond acceptors (Lipinski definition) is 3. The van der Waals surface area contributed by atoms with Gasteiger partial charge in [-0.25, -0.2) is 5.06 Å². The molecule has 3 nitrogen and oxygen atoms in total. The third-order valence-corrected chi connectivity index (χ3v) is 3.78. The minimum absolute atomic E-state index is 0.0735. The maximum absolute atomic E-state index is 12.4. The Morgan fingerprint density at radius 1 is 1.20 bits per heavy atom. The summed E-state index contributed by atoms with van der Waals surface area (Å²) >= 11 is 1.70. The third kappa shape index (κ3) is 4.18. The van der Waals surface area contributed by atoms with Crippen molar-refractivity contribution in [3.63, 3.8) is 0 Å². The zero-order valence-corrected chi connectivity index (χ0v) is 12.4. The monoisotopic (exact) mass is 289 g/mol. The van der Waals surface area contributed by atoms with Crippen molar-refractivity contribution in [3.8, 4) is 0 Å². The maximum Gasteiger partial charge on any atom is 0.277 e. The standard InChI is InChI=1S/C16H19NO2S/c1-2-12-19-17(11-10-15-9-6-13-20-15)16(18)14-7-4-3-5-8-14/h3-9,13H,2,10-12H2,1H3. The average Bonchev–Trinajstić information content (AvgIpc) is 3.01. The predicted octanol–water partition coefficient (Wildman–Crippen LogP) is 3.77. The highest BCUT2D eigenvalue weighted by molar-refractivity contribution is 7.09. The van der Waals surface area contributed by atoms with Crippen molar-refractivity contribution in [2.75, 3.05) is 13.2 Å². The van der Waals surface area contributed by atoms with Crippen molar-refractivity contribution in [1.29, 1.82) is 0 Å². The number of nitrogens with zero attached hydrogens (tertiary/aromatic N) is 1. The van der Waals surface area contributed by atoms with E-state index in [0.29, 0.717) is 18.7 Å². The lowest BCUT2D eigenvalue weighted by atomic mass is 10.2. The molecule has 1 aromatic carbocycles. The minimum Gasteiger partial charge on any atom is -0.271 e. The molecule has 0 saturated heterocycles. The summed E-state index contributed by atoms with van der Waals surface area (Å²) in [6.45, 7) is 3.17. The molecule has 1 amide bonds. The Labute approximate surface area is 123 Å². The molecule has 0 aliphatic carbocycles. The number of hydroxylamine groups is 2. The van der Waals surface area contributed by atoms with Crippen LogP contribution in [0, 0.1) is 0 Å². The zero-order valence-electron chi connectivity index (χ0n) is 11.6. The van der Waals surface area contributed by atoms with Crippen LogP contribution in [0.4, 0.5) is 0 Å². The first-order valence-electron chi connectivity index (χ1n) is 6.83. The highest BCUT2D eigenvalue weighted by Crippen LogP contribution is 2.12. The van der Waals surface area contributed by atoms with Gasteiger partial charge < -0.3 is 0 Å². The molecule has 0 radical (unpaired) electrons. The van der Waals surface area contributed by atoms with Gasteiger partial charge >= 0.3 is 0 Å². The Hall–Kier alpha value is -1.65. The highest BCUT2D eigenvalue weighted by Gasteiger charge is 2.16. The summed E-state index contributed by atoms with van der Waals surface area (Å²) in [5, 5.41) is 3.53. The number of amides is 1. The minimum atomic E-state index is -0.0735. The van der Waals surface area contributed by atoms with E-state index in [4.69, 9.17) is 4.84 Å². The molecule has 1 aromatic heterocycles. The molecule has 4 heteroatoms. The van der Waals surface area contributed by atoms with Crippen molar-refractivity contribution in [2.24, 2.45) is 0 Å². The van der Waals surface area contributed by atoms with Crippen molar-refractivity contribution < 1.29 is 9.63 Å². The Balaban J connectivity index is 2.00. The van der Waals surface area contributed by atoms with E-state index in [1.165, 1.54) is 9.94 Å². The van der Waals surface area contributed by atoms with Gasteiger partial charge in [-0.3, -0.25) is 9.63 Å². The molecule has 0 bridgehead atoms. The van der Waals surface area contributed by atoms with Crippen LogP contribution in [0.15, 0.2) is 47.8 Å². The first-order chi connectivity index (χ1) is 9.81. The molecule has 0 N–H and O–H groups in total. The number of hydrogen-bond donors (Lipinski definition) is 0. The van der Waals surface area contributed by atoms with Crippen LogP contribution in [0.2, 0.25) is 0 Å². The largest absolute Gasteiger partial charge is 0.277 e. The number of carbonyl (C=O) groups is 1. The van der Waals surface area contributed by atoms with Gasteiger partial charge in [-0.05, 0) is 30.0 Å². The summed E-state index contributed by atoms with van der Waals surface area (Å²) in [5.41, 5.74) is 0.662. The van der Waals surface area contributed by atoms with Crippen LogP contribution in [0.3, 0.4) is 0 Å². The van der Waals surface area contributed by atoms with Gasteiger partial charge in [-0.2, -0.15) is 0 Å². The lowest BCUT2D eigenvalue weighted by Crippen LogP contribution is -2.33. The second-order valence-electron chi connectivity index (χ2n) is 4.44. The number of carbonyl (C=O) groups excluding carboxylic acids is 1. The van der Waals surface area contributed by atoms with E-state index in [9.17, 15) is 4.79 Å². The maximum atomic E-state index is 12.4. The molecular formula is C16H19NO2S. The van der Waals surface area contributed by atoms with Gasteiger partial charge in [0, 0.05) is 16.9 Å². The molecule has 1 heterocycles. The second-order valence-corrected chi connectivity index (χ2v) is 5.47. The highest BCUT2D eigenvalue weighted by atomic mass is 32.1. The summed E-state index contributed by atoms with van der Waals surface area (Å²) in [4.78, 5) is 19.3. The molecule has 0 aliphatic heterocycles. The number of benzene rings is 1. The SMILES string of the molecule is CCCON(CCc1cccs1)C(=O)c1ccccc1. The van der Waals surface area contributed by atoms with Crippen LogP contribution in [0.5, 0.6) is 0 Å². The normalized spacial score (nSPS) is 10.4. The topological polar surface area (TPSA) is 29.5 Å². The van der Waals surface area contributed by atoms with Crippen LogP contribution in [0.1, 0.15) is 28.6 Å². The van der Waals surface area contributed by atoms with E-state index in [1.807, 2.05) is 48.7 Å². The molecule has 0 aliphatic rings. The Morgan fingerprint density at radius 3 is 2.65 bits per heavy atom. The lowest BCUT2D eigenvalue weighted by molar-refractivity contribution is -0.122. The van der Waals surface area contributed by atoms with Gasteiger partial charge in [0.25, 0.3) is 5.91 Å². The van der Waals surface area contributed by atoms with E-state index in [1.54, 1.807) is 11.3 Å². The van der Waals surface area contributed by atoms with Gasteiger partial charge in [0.15, 0.2) is 0 Å². The van der Waals surface area contributed by atoms with E-state index in [2.05, 4.69) is 6.07 Å². The third-order valence-electron chi connectivity index (χ3n) is 2.84. The van der Waals surface area contributed by atoms with Crippen molar-refractivity contribution in [3.05, 3.63) is 58.3 Å². The van der Waals surface area contributed by atoms with E-state index >= 15 is 0 Å². The summed E-state index contributed by atoms with van der Waals surface area (Å²) < 4.78 is 0. The fraction of sp³-hybridized carbons (Fsp3) is 0.312. The van der Waals surface area contributed by atoms with Gasteiger partial charge in [0.1, 0.15) is 0 Å². The van der Waals surface area contributed by atoms with Crippen molar-refractivity contribution in [1.82, 2.24) is 5.06 Å². The molecule has 2 rings (SSSR count). The molecule has 20 heavy (non-hydrogen) atoms. The van der Waals surface area contributed by atoms with Crippen LogP contribution in [-0.4, -0.2) is 24.1 Å². The zero-order chi connectivity index (χ0) is 14.2. The molecule has 0 atom stereocenters. The van der Waals surface area contributed by atoms with Crippen LogP contribution >= 0.6 is 11.3 Å². The summed E-state index contributed by atoms with van der Waals surface area (Å²) in [7, 11) is 0. The molecule has 0 saturated carbocycles. The number of thiophene rings is 1. The fourth-order valence-corrected chi connectivity index (χ4v) is 2.52. The van der Waals surface area contributed by atoms with Gasteiger partial charge in [0.2, 0.25) is 0 Å². The predicted molar refractivity (Wildman–Crippen MR) is 81.7 cm³/mol. The summed E-state index contributed by atoms with van der Waals surface area (Å²) in [5.74, 6) is -0.0735.